The standard InChI is InChI=1S/C64H88N12O16S/c1-34-32-76-53(54(34)83)59(88)67-31-42(78)29-44(68-55(84)37-10-12-38(13-11-37)60-72-73-61(93-60)39-14-16-41(17-15-39)74-24-20-64(91-3,21-25-74)40-7-5-4-6-8-40)56(85)69-50(35(2)77)62(89)75-33-43(79)30-45(75)57(86)70-51(58(87)71-52(63(76)90)47(81)19-22-65)48(82)27-36-9-18-46(80)49(28-36)92-26-23-66/h9-18,28,34-35,40,42-45,47-48,50-54,77-83H,4-8,19-27,29-33,65-66H2,1-3H3,(H,67,88)(H,68,84)(H,69,85)(H,70,86)(H,71,87)/t34-,35+,42+,43+,44-,45-,47+,48+,50-,51-,52-,53-,54-/m0/s1. The van der Waals surface area contributed by atoms with E-state index in [1.165, 1.54) is 80.7 Å². The number of aliphatic hydroxyl groups excluding tert-OH is 6. The van der Waals surface area contributed by atoms with Crippen LogP contribution < -0.4 is 47.7 Å². The van der Waals surface area contributed by atoms with Gasteiger partial charge >= 0.3 is 0 Å². The lowest BCUT2D eigenvalue weighted by molar-refractivity contribution is -0.147. The molecule has 93 heavy (non-hydrogen) atoms. The smallest absolute Gasteiger partial charge is 0.251 e. The summed E-state index contributed by atoms with van der Waals surface area (Å²) in [5.74, 6) is -8.03. The molecule has 4 saturated heterocycles. The average Bonchev–Trinajstić information content (AvgIpc) is 1.79. The first kappa shape index (κ1) is 69.9. The molecular weight excluding hydrogens is 1220 g/mol. The van der Waals surface area contributed by atoms with Crippen molar-refractivity contribution >= 4 is 58.4 Å². The van der Waals surface area contributed by atoms with E-state index in [-0.39, 0.29) is 60.9 Å². The van der Waals surface area contributed by atoms with Crippen molar-refractivity contribution in [2.75, 3.05) is 64.4 Å². The number of rotatable bonds is 17. The van der Waals surface area contributed by atoms with Crippen LogP contribution in [0.4, 0.5) is 5.69 Å². The summed E-state index contributed by atoms with van der Waals surface area (Å²) in [6.45, 7) is 2.89. The van der Waals surface area contributed by atoms with Crippen LogP contribution in [0, 0.1) is 11.8 Å². The first-order valence-corrected chi connectivity index (χ1v) is 32.7. The first-order valence-electron chi connectivity index (χ1n) is 31.9. The summed E-state index contributed by atoms with van der Waals surface area (Å²) in [6, 6.07) is 7.51. The van der Waals surface area contributed by atoms with Crippen LogP contribution in [0.15, 0.2) is 66.7 Å². The van der Waals surface area contributed by atoms with Crippen molar-refractivity contribution in [3.63, 3.8) is 0 Å². The van der Waals surface area contributed by atoms with Gasteiger partial charge in [0.15, 0.2) is 11.5 Å². The zero-order chi connectivity index (χ0) is 66.8. The molecule has 3 aromatic carbocycles. The molecule has 5 fully saturated rings. The molecule has 4 aliphatic heterocycles. The number of hydrogen-bond donors (Lipinski definition) is 14. The average molecular weight is 1310 g/mol. The minimum atomic E-state index is -2.04. The van der Waals surface area contributed by atoms with Gasteiger partial charge in [-0.1, -0.05) is 55.7 Å². The third-order valence-electron chi connectivity index (χ3n) is 18.7. The Morgan fingerprint density at radius 2 is 1.39 bits per heavy atom. The fraction of sp³-hybridized carbons (Fsp3) is 0.578. The van der Waals surface area contributed by atoms with Crippen LogP contribution in [0.3, 0.4) is 0 Å². The van der Waals surface area contributed by atoms with E-state index in [4.69, 9.17) is 20.9 Å². The molecule has 1 aromatic heterocycles. The highest BCUT2D eigenvalue weighted by molar-refractivity contribution is 7.17. The van der Waals surface area contributed by atoms with Gasteiger partial charge in [0.1, 0.15) is 52.9 Å². The van der Waals surface area contributed by atoms with Gasteiger partial charge in [-0.2, -0.15) is 0 Å². The number of aliphatic hydroxyl groups is 6. The van der Waals surface area contributed by atoms with Crippen molar-refractivity contribution in [2.24, 2.45) is 23.3 Å². The van der Waals surface area contributed by atoms with Crippen LogP contribution in [-0.4, -0.2) is 235 Å². The summed E-state index contributed by atoms with van der Waals surface area (Å²) in [7, 11) is 1.86. The predicted molar refractivity (Wildman–Crippen MR) is 340 cm³/mol. The maximum absolute atomic E-state index is 14.7. The Morgan fingerprint density at radius 1 is 0.753 bits per heavy atom. The molecule has 13 atom stereocenters. The Labute approximate surface area is 542 Å². The van der Waals surface area contributed by atoms with Gasteiger partial charge in [-0.3, -0.25) is 33.6 Å². The third-order valence-corrected chi connectivity index (χ3v) is 19.7. The van der Waals surface area contributed by atoms with Crippen LogP contribution in [0.5, 0.6) is 11.5 Å². The second kappa shape index (κ2) is 31.2. The lowest BCUT2D eigenvalue weighted by Crippen LogP contribution is -2.64. The van der Waals surface area contributed by atoms with Gasteiger partial charge in [-0.25, -0.2) is 0 Å². The molecule has 5 heterocycles. The molecule has 5 aliphatic rings. The van der Waals surface area contributed by atoms with Crippen LogP contribution in [-0.2, 0) is 39.9 Å². The predicted octanol–water partition coefficient (Wildman–Crippen LogP) is -1.22. The van der Waals surface area contributed by atoms with Gasteiger partial charge in [-0.05, 0) is 106 Å². The quantitative estimate of drug-likeness (QED) is 0.0589. The number of benzene rings is 3. The number of aromatic nitrogens is 2. The van der Waals surface area contributed by atoms with Gasteiger partial charge in [0.05, 0.1) is 42.2 Å². The number of nitrogens with one attached hydrogen (secondary N) is 5. The summed E-state index contributed by atoms with van der Waals surface area (Å²) >= 11 is 1.35. The van der Waals surface area contributed by atoms with Crippen LogP contribution in [0.1, 0.15) is 94.0 Å². The molecule has 4 aromatic rings. The number of carbonyl (C=O) groups is 7. The van der Waals surface area contributed by atoms with E-state index >= 15 is 0 Å². The normalized spacial score (nSPS) is 27.4. The van der Waals surface area contributed by atoms with Gasteiger partial charge in [-0.15, -0.1) is 10.2 Å². The number of aromatic hydroxyl groups is 1. The second-order valence-electron chi connectivity index (χ2n) is 25.1. The zero-order valence-electron chi connectivity index (χ0n) is 52.5. The van der Waals surface area contributed by atoms with E-state index in [1.54, 1.807) is 12.1 Å². The summed E-state index contributed by atoms with van der Waals surface area (Å²) in [5.41, 5.74) is 14.2. The minimum Gasteiger partial charge on any atom is -0.504 e. The van der Waals surface area contributed by atoms with Crippen molar-refractivity contribution in [3.8, 4) is 32.6 Å². The number of nitrogens with two attached hydrogens (primary N) is 2. The lowest BCUT2D eigenvalue weighted by atomic mass is 9.72. The Morgan fingerprint density at radius 3 is 2.02 bits per heavy atom. The highest BCUT2D eigenvalue weighted by Gasteiger charge is 2.50. The van der Waals surface area contributed by atoms with Crippen LogP contribution in [0.25, 0.3) is 21.1 Å². The molecule has 0 bridgehead atoms. The van der Waals surface area contributed by atoms with Crippen LogP contribution >= 0.6 is 11.3 Å². The maximum Gasteiger partial charge on any atom is 0.251 e. The molecule has 1 saturated carbocycles. The molecule has 1 aliphatic carbocycles. The molecule has 506 valence electrons. The topological polar surface area (TPSA) is 427 Å². The monoisotopic (exact) mass is 1310 g/mol. The molecule has 0 spiro atoms. The van der Waals surface area contributed by atoms with Crippen molar-refractivity contribution < 1.29 is 78.8 Å². The SMILES string of the molecule is COC1(C2CCCCC2)CCN(c2ccc(-c3nnc(-c4ccc(C(=O)N[C@H]5C[C@@H](O)CNC(=O)[C@@H]6[C@@H](O)[C@@H](C)CN6C(=O)[C@H]([C@H](O)CCN)NC(=O)[C@H]([C@H](O)Cc6ccc(O)c(OCCN)c6)NC(=O)[C@@H]6C[C@@H](O)CN6C(=O)[C@H]([C@@H](C)O)NC5=O)cc4)s3)cc2)CC1. The van der Waals surface area contributed by atoms with E-state index in [0.717, 1.165) is 53.9 Å². The van der Waals surface area contributed by atoms with E-state index in [9.17, 15) is 69.3 Å². The van der Waals surface area contributed by atoms with Gasteiger partial charge in [0, 0.05) is 93.9 Å². The van der Waals surface area contributed by atoms with Crippen molar-refractivity contribution in [2.45, 2.75) is 163 Å². The van der Waals surface area contributed by atoms with Crippen molar-refractivity contribution in [1.29, 1.82) is 0 Å². The van der Waals surface area contributed by atoms with E-state index < -0.39 is 152 Å². The Hall–Kier alpha value is -7.45. The third kappa shape index (κ3) is 16.4. The number of β-amino-alcohol motifs (C(OH)–C–C–N with tert-alkyl or cyclic N) is 1. The van der Waals surface area contributed by atoms with Gasteiger partial charge in [0.25, 0.3) is 5.91 Å². The fourth-order valence-corrected chi connectivity index (χ4v) is 14.3. The number of carbonyl (C=O) groups excluding carboxylic acids is 7. The largest absolute Gasteiger partial charge is 0.504 e. The van der Waals surface area contributed by atoms with Crippen molar-refractivity contribution in [3.05, 3.63) is 77.9 Å². The molecule has 9 rings (SSSR count). The number of piperidine rings is 1. The summed E-state index contributed by atoms with van der Waals surface area (Å²) in [5, 5.41) is 102. The molecule has 0 unspecified atom stereocenters. The first-order chi connectivity index (χ1) is 44.5. The van der Waals surface area contributed by atoms with E-state index in [0.29, 0.717) is 21.5 Å². The van der Waals surface area contributed by atoms with Gasteiger partial charge < -0.3 is 98.0 Å². The van der Waals surface area contributed by atoms with Crippen LogP contribution in [0.2, 0.25) is 0 Å². The number of anilines is 1. The molecule has 29 heteroatoms. The van der Waals surface area contributed by atoms with E-state index in [1.807, 2.05) is 19.2 Å². The molecule has 0 radical (unpaired) electrons. The Kier molecular flexibility index (Phi) is 23.4. The second-order valence-corrected chi connectivity index (χ2v) is 26.1. The molecule has 16 N–H and O–H groups in total. The summed E-state index contributed by atoms with van der Waals surface area (Å²) in [4.78, 5) is 106. The molecular formula is C64H88N12O16S. The highest BCUT2D eigenvalue weighted by atomic mass is 32.1. The fourth-order valence-electron chi connectivity index (χ4n) is 13.4. The molecule has 28 nitrogen and oxygen atoms in total. The van der Waals surface area contributed by atoms with Crippen molar-refractivity contribution in [1.82, 2.24) is 46.6 Å². The Bertz CT molecular complexity index is 3260. The summed E-state index contributed by atoms with van der Waals surface area (Å²) < 4.78 is 11.8. The number of fused-ring (bicyclic) bond motifs is 2. The zero-order valence-corrected chi connectivity index (χ0v) is 53.3. The van der Waals surface area contributed by atoms with E-state index in [2.05, 4.69) is 53.8 Å². The number of phenols is 1. The Balaban J connectivity index is 0.952. The maximum atomic E-state index is 14.7. The number of methoxy groups -OCH3 is 1. The number of ether oxygens (including phenoxy) is 2. The molecule has 7 amide bonds. The number of nitrogens with zero attached hydrogens (tertiary/aromatic N) is 5. The number of phenolic OH excluding ortho intramolecular Hbond substituents is 1. The number of amides is 7. The summed E-state index contributed by atoms with van der Waals surface area (Å²) in [6.07, 6.45) is -3.62. The van der Waals surface area contributed by atoms with Gasteiger partial charge in [0.2, 0.25) is 35.4 Å². The number of hydrogen-bond acceptors (Lipinski definition) is 22. The minimum absolute atomic E-state index is 0.00422. The highest BCUT2D eigenvalue weighted by Crippen LogP contribution is 2.43. The lowest BCUT2D eigenvalue weighted by Gasteiger charge is -2.47.